The molecule has 0 heterocycles. The Morgan fingerprint density at radius 3 is 2.28 bits per heavy atom. The smallest absolute Gasteiger partial charge is 0.167 e. The SMILES string of the molecule is COc1ccc(O)c(Cc2ccccc2)c1OC. The van der Waals surface area contributed by atoms with Crippen molar-refractivity contribution < 1.29 is 14.6 Å². The van der Waals surface area contributed by atoms with E-state index >= 15 is 0 Å². The van der Waals surface area contributed by atoms with E-state index in [-0.39, 0.29) is 5.75 Å². The molecule has 0 saturated carbocycles. The summed E-state index contributed by atoms with van der Waals surface area (Å²) in [5, 5.41) is 9.97. The third-order valence-electron chi connectivity index (χ3n) is 2.85. The summed E-state index contributed by atoms with van der Waals surface area (Å²) in [6, 6.07) is 13.3. The fraction of sp³-hybridized carbons (Fsp3) is 0.200. The maximum Gasteiger partial charge on any atom is 0.167 e. The fourth-order valence-corrected chi connectivity index (χ4v) is 1.95. The zero-order valence-electron chi connectivity index (χ0n) is 10.5. The van der Waals surface area contributed by atoms with Gasteiger partial charge in [0.15, 0.2) is 11.5 Å². The molecule has 18 heavy (non-hydrogen) atoms. The highest BCUT2D eigenvalue weighted by molar-refractivity contribution is 5.54. The first-order chi connectivity index (χ1) is 8.76. The molecular weight excluding hydrogens is 228 g/mol. The third-order valence-corrected chi connectivity index (χ3v) is 2.85. The highest BCUT2D eigenvalue weighted by Crippen LogP contribution is 2.37. The maximum atomic E-state index is 9.97. The minimum atomic E-state index is 0.219. The number of phenolic OH excluding ortho intramolecular Hbond substituents is 1. The van der Waals surface area contributed by atoms with Gasteiger partial charge in [-0.15, -0.1) is 0 Å². The lowest BCUT2D eigenvalue weighted by atomic mass is 10.0. The van der Waals surface area contributed by atoms with Crippen molar-refractivity contribution in [1.82, 2.24) is 0 Å². The molecule has 3 heteroatoms. The molecule has 0 amide bonds. The first-order valence-electron chi connectivity index (χ1n) is 5.73. The highest BCUT2D eigenvalue weighted by atomic mass is 16.5. The number of ether oxygens (including phenoxy) is 2. The Balaban J connectivity index is 2.43. The van der Waals surface area contributed by atoms with E-state index in [9.17, 15) is 5.11 Å². The quantitative estimate of drug-likeness (QED) is 0.898. The van der Waals surface area contributed by atoms with E-state index in [1.165, 1.54) is 0 Å². The van der Waals surface area contributed by atoms with Gasteiger partial charge in [0, 0.05) is 12.0 Å². The van der Waals surface area contributed by atoms with Crippen molar-refractivity contribution in [2.24, 2.45) is 0 Å². The summed E-state index contributed by atoms with van der Waals surface area (Å²) in [5.41, 5.74) is 1.85. The van der Waals surface area contributed by atoms with Crippen LogP contribution in [-0.4, -0.2) is 19.3 Å². The Morgan fingerprint density at radius 1 is 0.944 bits per heavy atom. The van der Waals surface area contributed by atoms with Crippen LogP contribution < -0.4 is 9.47 Å². The first kappa shape index (κ1) is 12.3. The summed E-state index contributed by atoms with van der Waals surface area (Å²) >= 11 is 0. The van der Waals surface area contributed by atoms with Gasteiger partial charge < -0.3 is 14.6 Å². The second kappa shape index (κ2) is 5.45. The molecule has 0 bridgehead atoms. The standard InChI is InChI=1S/C15H16O3/c1-17-14-9-8-13(16)12(15(14)18-2)10-11-6-4-3-5-7-11/h3-9,16H,10H2,1-2H3. The molecule has 0 spiro atoms. The van der Waals surface area contributed by atoms with Crippen LogP contribution in [0.25, 0.3) is 0 Å². The highest BCUT2D eigenvalue weighted by Gasteiger charge is 2.14. The molecule has 2 rings (SSSR count). The Morgan fingerprint density at radius 2 is 1.67 bits per heavy atom. The Hall–Kier alpha value is -2.16. The number of benzene rings is 2. The molecule has 2 aromatic rings. The van der Waals surface area contributed by atoms with Crippen LogP contribution in [0.4, 0.5) is 0 Å². The van der Waals surface area contributed by atoms with E-state index in [0.717, 1.165) is 11.1 Å². The molecule has 0 aromatic heterocycles. The average Bonchev–Trinajstić information content (AvgIpc) is 2.42. The van der Waals surface area contributed by atoms with Crippen LogP contribution in [0.3, 0.4) is 0 Å². The van der Waals surface area contributed by atoms with Crippen LogP contribution in [0.15, 0.2) is 42.5 Å². The predicted octanol–water partition coefficient (Wildman–Crippen LogP) is 3.00. The third kappa shape index (κ3) is 2.40. The summed E-state index contributed by atoms with van der Waals surface area (Å²) < 4.78 is 10.6. The normalized spacial score (nSPS) is 10.1. The summed E-state index contributed by atoms with van der Waals surface area (Å²) in [7, 11) is 3.16. The number of methoxy groups -OCH3 is 2. The Bertz CT molecular complexity index is 521. The topological polar surface area (TPSA) is 38.7 Å². The van der Waals surface area contributed by atoms with Gasteiger partial charge in [0.25, 0.3) is 0 Å². The molecule has 2 aromatic carbocycles. The molecular formula is C15H16O3. The second-order valence-electron chi connectivity index (χ2n) is 3.96. The van der Waals surface area contributed by atoms with E-state index in [2.05, 4.69) is 0 Å². The van der Waals surface area contributed by atoms with Crippen molar-refractivity contribution in [3.05, 3.63) is 53.6 Å². The summed E-state index contributed by atoms with van der Waals surface area (Å²) in [6.07, 6.45) is 0.604. The van der Waals surface area contributed by atoms with Crippen LogP contribution in [0.5, 0.6) is 17.2 Å². The van der Waals surface area contributed by atoms with Crippen molar-refractivity contribution in [2.45, 2.75) is 6.42 Å². The van der Waals surface area contributed by atoms with E-state index in [0.29, 0.717) is 17.9 Å². The summed E-state index contributed by atoms with van der Waals surface area (Å²) in [6.45, 7) is 0. The zero-order valence-corrected chi connectivity index (χ0v) is 10.5. The van der Waals surface area contributed by atoms with E-state index in [4.69, 9.17) is 9.47 Å². The average molecular weight is 244 g/mol. The lowest BCUT2D eigenvalue weighted by Crippen LogP contribution is -1.97. The largest absolute Gasteiger partial charge is 0.508 e. The lowest BCUT2D eigenvalue weighted by molar-refractivity contribution is 0.347. The van der Waals surface area contributed by atoms with Crippen molar-refractivity contribution in [1.29, 1.82) is 0 Å². The van der Waals surface area contributed by atoms with Gasteiger partial charge in [-0.05, 0) is 17.7 Å². The molecule has 0 aliphatic heterocycles. The maximum absolute atomic E-state index is 9.97. The predicted molar refractivity (Wildman–Crippen MR) is 70.5 cm³/mol. The molecule has 0 unspecified atom stereocenters. The molecule has 1 N–H and O–H groups in total. The Kier molecular flexibility index (Phi) is 3.72. The van der Waals surface area contributed by atoms with E-state index < -0.39 is 0 Å². The van der Waals surface area contributed by atoms with Crippen LogP contribution in [-0.2, 0) is 6.42 Å². The van der Waals surface area contributed by atoms with Crippen molar-refractivity contribution in [3.63, 3.8) is 0 Å². The van der Waals surface area contributed by atoms with Gasteiger partial charge in [-0.25, -0.2) is 0 Å². The van der Waals surface area contributed by atoms with Crippen LogP contribution in [0, 0.1) is 0 Å². The molecule has 0 atom stereocenters. The van der Waals surface area contributed by atoms with E-state index in [1.807, 2.05) is 30.3 Å². The van der Waals surface area contributed by atoms with Gasteiger partial charge in [0.05, 0.1) is 14.2 Å². The lowest BCUT2D eigenvalue weighted by Gasteiger charge is -2.14. The van der Waals surface area contributed by atoms with Crippen molar-refractivity contribution >= 4 is 0 Å². The van der Waals surface area contributed by atoms with Crippen molar-refractivity contribution in [2.75, 3.05) is 14.2 Å². The molecule has 3 nitrogen and oxygen atoms in total. The summed E-state index contributed by atoms with van der Waals surface area (Å²) in [4.78, 5) is 0. The fourth-order valence-electron chi connectivity index (χ4n) is 1.95. The molecule has 94 valence electrons. The Labute approximate surface area is 107 Å². The van der Waals surface area contributed by atoms with Crippen molar-refractivity contribution in [3.8, 4) is 17.2 Å². The zero-order chi connectivity index (χ0) is 13.0. The minimum Gasteiger partial charge on any atom is -0.508 e. The number of aromatic hydroxyl groups is 1. The van der Waals surface area contributed by atoms with Crippen LogP contribution in [0.2, 0.25) is 0 Å². The van der Waals surface area contributed by atoms with Crippen LogP contribution >= 0.6 is 0 Å². The van der Waals surface area contributed by atoms with Gasteiger partial charge in [-0.1, -0.05) is 30.3 Å². The van der Waals surface area contributed by atoms with Gasteiger partial charge in [-0.2, -0.15) is 0 Å². The second-order valence-corrected chi connectivity index (χ2v) is 3.96. The van der Waals surface area contributed by atoms with Gasteiger partial charge in [0.2, 0.25) is 0 Å². The van der Waals surface area contributed by atoms with E-state index in [1.54, 1.807) is 26.4 Å². The molecule has 0 fully saturated rings. The number of phenols is 1. The molecule has 0 aliphatic rings. The number of rotatable bonds is 4. The number of hydrogen-bond donors (Lipinski definition) is 1. The molecule has 0 saturated heterocycles. The summed E-state index contributed by atoms with van der Waals surface area (Å²) in [5.74, 6) is 1.43. The number of hydrogen-bond acceptors (Lipinski definition) is 3. The molecule has 0 radical (unpaired) electrons. The minimum absolute atomic E-state index is 0.219. The van der Waals surface area contributed by atoms with Gasteiger partial charge in [-0.3, -0.25) is 0 Å². The van der Waals surface area contributed by atoms with Crippen LogP contribution in [0.1, 0.15) is 11.1 Å². The first-order valence-corrected chi connectivity index (χ1v) is 5.73. The van der Waals surface area contributed by atoms with Gasteiger partial charge in [0.1, 0.15) is 5.75 Å². The molecule has 0 aliphatic carbocycles. The monoisotopic (exact) mass is 244 g/mol. The van der Waals surface area contributed by atoms with Gasteiger partial charge >= 0.3 is 0 Å².